The second-order valence-electron chi connectivity index (χ2n) is 8.46. The average Bonchev–Trinajstić information content (AvgIpc) is 3.16. The first-order valence-electron chi connectivity index (χ1n) is 11.1. The van der Waals surface area contributed by atoms with Crippen molar-refractivity contribution in [2.24, 2.45) is 0 Å². The Hall–Kier alpha value is -3.04. The predicted octanol–water partition coefficient (Wildman–Crippen LogP) is 4.95. The second kappa shape index (κ2) is 9.91. The van der Waals surface area contributed by atoms with Crippen LogP contribution in [-0.4, -0.2) is 41.1 Å². The van der Waals surface area contributed by atoms with Crippen molar-refractivity contribution in [1.82, 2.24) is 0 Å². The van der Waals surface area contributed by atoms with Crippen molar-refractivity contribution in [2.75, 3.05) is 30.0 Å². The number of hydrogen-bond acceptors (Lipinski definition) is 5. The molecule has 0 spiro atoms. The minimum absolute atomic E-state index is 0.00517. The van der Waals surface area contributed by atoms with Crippen molar-refractivity contribution in [3.8, 4) is 11.5 Å². The molecule has 0 saturated heterocycles. The first kappa shape index (κ1) is 25.1. The Bertz CT molecular complexity index is 1380. The number of amides is 1. The fourth-order valence-corrected chi connectivity index (χ4v) is 6.42. The molecule has 1 aliphatic rings. The monoisotopic (exact) mass is 558 g/mol. The summed E-state index contributed by atoms with van der Waals surface area (Å²) in [6, 6.07) is 17.3. The Labute approximate surface area is 214 Å². The molecule has 0 aliphatic carbocycles. The number of aryl methyl sites for hydroxylation is 1. The zero-order valence-corrected chi connectivity index (χ0v) is 22.4. The maximum absolute atomic E-state index is 14.0. The highest BCUT2D eigenvalue weighted by atomic mass is 79.9. The Kier molecular flexibility index (Phi) is 7.10. The first-order valence-corrected chi connectivity index (χ1v) is 13.3. The van der Waals surface area contributed by atoms with Gasteiger partial charge >= 0.3 is 0 Å². The van der Waals surface area contributed by atoms with Gasteiger partial charge in [-0.25, -0.2) is 8.42 Å². The minimum Gasteiger partial charge on any atom is -0.497 e. The van der Waals surface area contributed by atoms with Crippen molar-refractivity contribution >= 4 is 43.2 Å². The van der Waals surface area contributed by atoms with Crippen LogP contribution in [0.4, 0.5) is 11.4 Å². The van der Waals surface area contributed by atoms with Gasteiger partial charge in [0.15, 0.2) is 0 Å². The molecule has 0 radical (unpaired) electrons. The van der Waals surface area contributed by atoms with Crippen LogP contribution in [-0.2, 0) is 21.2 Å². The maximum atomic E-state index is 14.0. The molecule has 7 nitrogen and oxygen atoms in total. The topological polar surface area (TPSA) is 76.2 Å². The van der Waals surface area contributed by atoms with E-state index in [-0.39, 0.29) is 29.1 Å². The zero-order chi connectivity index (χ0) is 25.3. The maximum Gasteiger partial charge on any atom is 0.268 e. The lowest BCUT2D eigenvalue weighted by Gasteiger charge is -2.29. The van der Waals surface area contributed by atoms with Gasteiger partial charge in [0.25, 0.3) is 10.0 Å². The molecule has 0 saturated carbocycles. The lowest BCUT2D eigenvalue weighted by Crippen LogP contribution is -2.45. The number of anilines is 2. The molecule has 9 heteroatoms. The molecule has 3 aromatic rings. The van der Waals surface area contributed by atoms with E-state index in [1.165, 1.54) is 14.2 Å². The van der Waals surface area contributed by atoms with Crippen LogP contribution >= 0.6 is 15.9 Å². The summed E-state index contributed by atoms with van der Waals surface area (Å²) < 4.78 is 40.8. The third-order valence-corrected chi connectivity index (χ3v) is 8.32. The summed E-state index contributed by atoms with van der Waals surface area (Å²) in [5, 5.41) is 0. The van der Waals surface area contributed by atoms with Gasteiger partial charge in [0.05, 0.1) is 19.9 Å². The molecular weight excluding hydrogens is 532 g/mol. The third-order valence-electron chi connectivity index (χ3n) is 6.03. The van der Waals surface area contributed by atoms with Gasteiger partial charge in [-0.2, -0.15) is 0 Å². The number of benzene rings is 3. The summed E-state index contributed by atoms with van der Waals surface area (Å²) >= 11 is 3.48. The molecule has 1 heterocycles. The Morgan fingerprint density at radius 2 is 1.86 bits per heavy atom. The Morgan fingerprint density at radius 3 is 2.57 bits per heavy atom. The van der Waals surface area contributed by atoms with Crippen molar-refractivity contribution < 1.29 is 22.7 Å². The van der Waals surface area contributed by atoms with Crippen LogP contribution in [0.3, 0.4) is 0 Å². The molecule has 0 fully saturated rings. The van der Waals surface area contributed by atoms with Crippen LogP contribution < -0.4 is 18.7 Å². The van der Waals surface area contributed by atoms with Crippen LogP contribution in [0.2, 0.25) is 0 Å². The van der Waals surface area contributed by atoms with Crippen molar-refractivity contribution in [1.29, 1.82) is 0 Å². The zero-order valence-electron chi connectivity index (χ0n) is 20.0. The Morgan fingerprint density at radius 1 is 1.09 bits per heavy atom. The van der Waals surface area contributed by atoms with Gasteiger partial charge in [-0.1, -0.05) is 28.1 Å². The predicted molar refractivity (Wildman–Crippen MR) is 140 cm³/mol. The number of sulfonamides is 1. The van der Waals surface area contributed by atoms with Crippen LogP contribution in [0.15, 0.2) is 70.0 Å². The summed E-state index contributed by atoms with van der Waals surface area (Å²) in [4.78, 5) is 15.4. The molecule has 1 atom stereocenters. The van der Waals surface area contributed by atoms with E-state index in [9.17, 15) is 13.2 Å². The molecule has 1 aliphatic heterocycles. The number of rotatable bonds is 7. The Balaban J connectivity index is 1.79. The average molecular weight is 559 g/mol. The van der Waals surface area contributed by atoms with Gasteiger partial charge in [0.2, 0.25) is 5.91 Å². The number of carbonyl (C=O) groups excluding carboxylic acids is 1. The van der Waals surface area contributed by atoms with Crippen molar-refractivity contribution in [3.63, 3.8) is 0 Å². The minimum atomic E-state index is -4.17. The molecule has 35 heavy (non-hydrogen) atoms. The van der Waals surface area contributed by atoms with E-state index in [1.807, 2.05) is 25.1 Å². The molecular formula is C26H27BrN2O5S. The van der Waals surface area contributed by atoms with Gasteiger partial charge in [-0.3, -0.25) is 9.10 Å². The molecule has 3 aromatic carbocycles. The van der Waals surface area contributed by atoms with E-state index >= 15 is 0 Å². The van der Waals surface area contributed by atoms with Gasteiger partial charge in [-0.15, -0.1) is 0 Å². The fourth-order valence-electron chi connectivity index (χ4n) is 4.36. The summed E-state index contributed by atoms with van der Waals surface area (Å²) in [7, 11) is -1.24. The van der Waals surface area contributed by atoms with E-state index in [4.69, 9.17) is 9.47 Å². The van der Waals surface area contributed by atoms with Crippen LogP contribution in [0, 0.1) is 6.92 Å². The van der Waals surface area contributed by atoms with Gasteiger partial charge in [-0.05, 0) is 73.9 Å². The molecule has 0 N–H and O–H groups in total. The number of hydrogen-bond donors (Lipinski definition) is 0. The fraction of sp³-hybridized carbons (Fsp3) is 0.269. The van der Waals surface area contributed by atoms with Crippen LogP contribution in [0.5, 0.6) is 11.5 Å². The standard InChI is InChI=1S/C26H27BrN2O5S/c1-17-8-11-24(34-4)25(12-17)35(31,32)28(21-6-5-7-22(15-21)33-3)16-26(30)29-18(2)13-19-14-20(27)9-10-23(19)29/h5-12,14-15,18H,13,16H2,1-4H3/t18-/m0/s1. The van der Waals surface area contributed by atoms with Crippen molar-refractivity contribution in [2.45, 2.75) is 31.2 Å². The van der Waals surface area contributed by atoms with Gasteiger partial charge < -0.3 is 14.4 Å². The molecule has 0 bridgehead atoms. The molecule has 0 unspecified atom stereocenters. The van der Waals surface area contributed by atoms with Crippen molar-refractivity contribution in [3.05, 3.63) is 76.3 Å². The van der Waals surface area contributed by atoms with E-state index < -0.39 is 10.0 Å². The number of fused-ring (bicyclic) bond motifs is 1. The highest BCUT2D eigenvalue weighted by molar-refractivity contribution is 9.10. The number of carbonyl (C=O) groups is 1. The summed E-state index contributed by atoms with van der Waals surface area (Å²) in [6.07, 6.45) is 0.693. The lowest BCUT2D eigenvalue weighted by atomic mass is 10.1. The summed E-state index contributed by atoms with van der Waals surface area (Å²) in [6.45, 7) is 3.38. The molecule has 184 valence electrons. The van der Waals surface area contributed by atoms with Crippen LogP contribution in [0.1, 0.15) is 18.1 Å². The van der Waals surface area contributed by atoms with Gasteiger partial charge in [0.1, 0.15) is 22.9 Å². The van der Waals surface area contributed by atoms with Crippen LogP contribution in [0.25, 0.3) is 0 Å². The number of methoxy groups -OCH3 is 2. The van der Waals surface area contributed by atoms with E-state index in [0.29, 0.717) is 17.9 Å². The highest BCUT2D eigenvalue weighted by Gasteiger charge is 2.36. The smallest absolute Gasteiger partial charge is 0.268 e. The normalized spacial score (nSPS) is 15.0. The quantitative estimate of drug-likeness (QED) is 0.410. The number of halogens is 1. The number of ether oxygens (including phenoxy) is 2. The molecule has 4 rings (SSSR count). The summed E-state index contributed by atoms with van der Waals surface area (Å²) in [5.41, 5.74) is 2.91. The number of nitrogens with zero attached hydrogens (tertiary/aromatic N) is 2. The molecule has 1 amide bonds. The SMILES string of the molecule is COc1cccc(N(CC(=O)N2c3ccc(Br)cc3C[C@@H]2C)S(=O)(=O)c2cc(C)ccc2OC)c1. The largest absolute Gasteiger partial charge is 0.497 e. The highest BCUT2D eigenvalue weighted by Crippen LogP contribution is 2.36. The van der Waals surface area contributed by atoms with Gasteiger partial charge in [0, 0.05) is 22.3 Å². The molecule has 0 aromatic heterocycles. The third kappa shape index (κ3) is 4.88. The van der Waals surface area contributed by atoms with E-state index in [2.05, 4.69) is 15.9 Å². The van der Waals surface area contributed by atoms with E-state index in [1.54, 1.807) is 54.3 Å². The summed E-state index contributed by atoms with van der Waals surface area (Å²) in [5.74, 6) is 0.369. The lowest BCUT2D eigenvalue weighted by molar-refractivity contribution is -0.117. The second-order valence-corrected chi connectivity index (χ2v) is 11.2. The first-order chi connectivity index (χ1) is 16.6. The van der Waals surface area contributed by atoms with E-state index in [0.717, 1.165) is 25.6 Å².